The van der Waals surface area contributed by atoms with Gasteiger partial charge in [-0.3, -0.25) is 4.79 Å². The molecule has 0 unspecified atom stereocenters. The molecule has 5 heteroatoms. The second kappa shape index (κ2) is 9.65. The van der Waals surface area contributed by atoms with Gasteiger partial charge in [0, 0.05) is 6.42 Å². The molecule has 0 saturated carbocycles. The lowest BCUT2D eigenvalue weighted by atomic mass is 9.99. The van der Waals surface area contributed by atoms with Crippen LogP contribution >= 0.6 is 0 Å². The van der Waals surface area contributed by atoms with E-state index in [1.165, 1.54) is 0 Å². The number of hydrogen-bond acceptors (Lipinski definition) is 5. The maximum atomic E-state index is 11.6. The van der Waals surface area contributed by atoms with Gasteiger partial charge >= 0.3 is 5.97 Å². The first-order valence-electron chi connectivity index (χ1n) is 7.90. The zero-order valence-corrected chi connectivity index (χ0v) is 14.2. The first kappa shape index (κ1) is 19.6. The Balaban J connectivity index is 2.17. The van der Waals surface area contributed by atoms with E-state index < -0.39 is 18.2 Å². The largest absolute Gasteiger partial charge is 0.465 e. The van der Waals surface area contributed by atoms with E-state index in [2.05, 4.69) is 0 Å². The van der Waals surface area contributed by atoms with Gasteiger partial charge in [-0.25, -0.2) is 0 Å². The van der Waals surface area contributed by atoms with Gasteiger partial charge in [0.1, 0.15) is 0 Å². The van der Waals surface area contributed by atoms with E-state index >= 15 is 0 Å². The first-order chi connectivity index (χ1) is 10.8. The molecule has 2 N–H and O–H groups in total. The highest BCUT2D eigenvalue weighted by atomic mass is 16.5. The van der Waals surface area contributed by atoms with Gasteiger partial charge in [0.15, 0.2) is 0 Å². The van der Waals surface area contributed by atoms with Crippen LogP contribution in [0.2, 0.25) is 0 Å². The van der Waals surface area contributed by atoms with Crippen LogP contribution in [0, 0.1) is 5.41 Å². The van der Waals surface area contributed by atoms with Gasteiger partial charge < -0.3 is 19.7 Å². The summed E-state index contributed by atoms with van der Waals surface area (Å²) in [5.74, 6) is -0.454. The summed E-state index contributed by atoms with van der Waals surface area (Å²) in [4.78, 5) is 11.6. The number of aliphatic hydroxyl groups excluding tert-OH is 2. The lowest BCUT2D eigenvalue weighted by molar-refractivity contribution is -0.149. The second-order valence-corrected chi connectivity index (χ2v) is 6.97. The molecule has 0 saturated heterocycles. The number of benzene rings is 1. The molecule has 0 aromatic heterocycles. The molecule has 0 aliphatic carbocycles. The van der Waals surface area contributed by atoms with Crippen LogP contribution in [0.1, 0.15) is 39.2 Å². The number of aliphatic hydroxyl groups is 2. The monoisotopic (exact) mass is 324 g/mol. The minimum absolute atomic E-state index is 0.0827. The molecule has 0 bridgehead atoms. The van der Waals surface area contributed by atoms with Crippen molar-refractivity contribution in [2.24, 2.45) is 5.41 Å². The predicted molar refractivity (Wildman–Crippen MR) is 87.8 cm³/mol. The topological polar surface area (TPSA) is 76.0 Å². The quantitative estimate of drug-likeness (QED) is 0.682. The molecule has 0 spiro atoms. The van der Waals surface area contributed by atoms with Gasteiger partial charge in [0.25, 0.3) is 0 Å². The van der Waals surface area contributed by atoms with Crippen molar-refractivity contribution in [2.75, 3.05) is 13.2 Å². The highest BCUT2D eigenvalue weighted by molar-refractivity contribution is 5.69. The Labute approximate surface area is 138 Å². The van der Waals surface area contributed by atoms with Crippen LogP contribution in [-0.4, -0.2) is 41.6 Å². The Morgan fingerprint density at radius 3 is 2.39 bits per heavy atom. The normalized spacial score (nSPS) is 14.3. The maximum Gasteiger partial charge on any atom is 0.308 e. The molecule has 0 amide bonds. The fraction of sp³-hybridized carbons (Fsp3) is 0.611. The van der Waals surface area contributed by atoms with Gasteiger partial charge in [-0.05, 0) is 11.0 Å². The van der Waals surface area contributed by atoms with E-state index in [0.29, 0.717) is 13.2 Å². The van der Waals surface area contributed by atoms with Crippen LogP contribution in [0.15, 0.2) is 30.3 Å². The molecule has 0 fully saturated rings. The molecule has 0 heterocycles. The van der Waals surface area contributed by atoms with E-state index in [4.69, 9.17) is 9.47 Å². The number of ether oxygens (including phenoxy) is 2. The lowest BCUT2D eigenvalue weighted by Crippen LogP contribution is -2.26. The Bertz CT molecular complexity index is 452. The third-order valence-corrected chi connectivity index (χ3v) is 3.03. The van der Waals surface area contributed by atoms with Gasteiger partial charge in [-0.15, -0.1) is 0 Å². The van der Waals surface area contributed by atoms with Gasteiger partial charge in [-0.1, -0.05) is 51.1 Å². The molecule has 0 radical (unpaired) electrons. The number of hydrogen-bond donors (Lipinski definition) is 2. The van der Waals surface area contributed by atoms with Crippen LogP contribution in [0.3, 0.4) is 0 Å². The van der Waals surface area contributed by atoms with Gasteiger partial charge in [0.05, 0.1) is 38.4 Å². The van der Waals surface area contributed by atoms with Crippen molar-refractivity contribution in [2.45, 2.75) is 52.4 Å². The fourth-order valence-electron chi connectivity index (χ4n) is 1.90. The summed E-state index contributed by atoms with van der Waals surface area (Å²) in [5.41, 5.74) is 0.914. The zero-order chi connectivity index (χ0) is 17.3. The summed E-state index contributed by atoms with van der Waals surface area (Å²) in [6.07, 6.45) is -1.78. The first-order valence-corrected chi connectivity index (χ1v) is 7.90. The standard InChI is InChI=1S/C18H28O5/c1-18(2,3)13-23-17(21)10-15(19)9-16(20)12-22-11-14-7-5-4-6-8-14/h4-8,15-16,19-20H,9-13H2,1-3H3/t15-,16+/m1/s1. The molecule has 23 heavy (non-hydrogen) atoms. The van der Waals surface area contributed by atoms with E-state index in [1.807, 2.05) is 51.1 Å². The number of esters is 1. The Hall–Kier alpha value is -1.43. The van der Waals surface area contributed by atoms with E-state index in [0.717, 1.165) is 5.56 Å². The van der Waals surface area contributed by atoms with Crippen molar-refractivity contribution < 1.29 is 24.5 Å². The summed E-state index contributed by atoms with van der Waals surface area (Å²) in [6, 6.07) is 9.64. The van der Waals surface area contributed by atoms with Crippen LogP contribution in [0.5, 0.6) is 0 Å². The fourth-order valence-corrected chi connectivity index (χ4v) is 1.90. The van der Waals surface area contributed by atoms with E-state index in [9.17, 15) is 15.0 Å². The summed E-state index contributed by atoms with van der Waals surface area (Å²) < 4.78 is 10.5. The minimum atomic E-state index is -0.933. The molecule has 0 aliphatic heterocycles. The maximum absolute atomic E-state index is 11.6. The molecule has 2 atom stereocenters. The molecule has 0 aliphatic rings. The second-order valence-electron chi connectivity index (χ2n) is 6.97. The van der Waals surface area contributed by atoms with Gasteiger partial charge in [0.2, 0.25) is 0 Å². The molecule has 1 rings (SSSR count). The van der Waals surface area contributed by atoms with E-state index in [1.54, 1.807) is 0 Å². The number of rotatable bonds is 9. The van der Waals surface area contributed by atoms with Crippen molar-refractivity contribution >= 4 is 5.97 Å². The van der Waals surface area contributed by atoms with Crippen LogP contribution in [0.25, 0.3) is 0 Å². The smallest absolute Gasteiger partial charge is 0.308 e. The highest BCUT2D eigenvalue weighted by Gasteiger charge is 2.19. The van der Waals surface area contributed by atoms with Crippen molar-refractivity contribution in [3.63, 3.8) is 0 Å². The summed E-state index contributed by atoms with van der Waals surface area (Å²) >= 11 is 0. The van der Waals surface area contributed by atoms with Crippen LogP contribution in [0.4, 0.5) is 0 Å². The van der Waals surface area contributed by atoms with Crippen molar-refractivity contribution in [3.05, 3.63) is 35.9 Å². The van der Waals surface area contributed by atoms with E-state index in [-0.39, 0.29) is 24.9 Å². The molecule has 130 valence electrons. The van der Waals surface area contributed by atoms with Gasteiger partial charge in [-0.2, -0.15) is 0 Å². The van der Waals surface area contributed by atoms with Crippen molar-refractivity contribution in [3.8, 4) is 0 Å². The van der Waals surface area contributed by atoms with Crippen molar-refractivity contribution in [1.82, 2.24) is 0 Å². The zero-order valence-electron chi connectivity index (χ0n) is 14.2. The Morgan fingerprint density at radius 2 is 1.78 bits per heavy atom. The van der Waals surface area contributed by atoms with Crippen LogP contribution < -0.4 is 0 Å². The Kier molecular flexibility index (Phi) is 8.23. The average molecular weight is 324 g/mol. The number of carbonyl (C=O) groups excluding carboxylic acids is 1. The lowest BCUT2D eigenvalue weighted by Gasteiger charge is -2.19. The molecule has 5 nitrogen and oxygen atoms in total. The van der Waals surface area contributed by atoms with Crippen molar-refractivity contribution in [1.29, 1.82) is 0 Å². The highest BCUT2D eigenvalue weighted by Crippen LogP contribution is 2.14. The Morgan fingerprint density at radius 1 is 1.13 bits per heavy atom. The summed E-state index contributed by atoms with van der Waals surface area (Å²) in [5, 5.41) is 19.7. The molecule has 1 aromatic carbocycles. The molecular formula is C18H28O5. The summed E-state index contributed by atoms with van der Waals surface area (Å²) in [7, 11) is 0. The number of carbonyl (C=O) groups is 1. The summed E-state index contributed by atoms with van der Waals surface area (Å²) in [6.45, 7) is 6.71. The predicted octanol–water partition coefficient (Wildman–Crippen LogP) is 2.29. The molecule has 1 aromatic rings. The SMILES string of the molecule is CC(C)(C)COC(=O)C[C@H](O)C[C@H](O)COCc1ccccc1. The third kappa shape index (κ3) is 10.0. The average Bonchev–Trinajstić information content (AvgIpc) is 2.45. The molecular weight excluding hydrogens is 296 g/mol. The third-order valence-electron chi connectivity index (χ3n) is 3.03. The van der Waals surface area contributed by atoms with Crippen LogP contribution in [-0.2, 0) is 20.9 Å². The minimum Gasteiger partial charge on any atom is -0.465 e.